The fraction of sp³-hybridized carbons (Fsp3) is 0.586. The minimum Gasteiger partial charge on any atom is -0.478 e. The van der Waals surface area contributed by atoms with E-state index in [2.05, 4.69) is 23.8 Å². The molecule has 0 saturated heterocycles. The van der Waals surface area contributed by atoms with Gasteiger partial charge in [-0.2, -0.15) is 0 Å². The van der Waals surface area contributed by atoms with Gasteiger partial charge in [-0.15, -0.1) is 0 Å². The van der Waals surface area contributed by atoms with Crippen LogP contribution in [0.1, 0.15) is 107 Å². The van der Waals surface area contributed by atoms with Crippen LogP contribution in [0.3, 0.4) is 0 Å². The third-order valence-corrected chi connectivity index (χ3v) is 7.10. The highest BCUT2D eigenvalue weighted by atomic mass is 16.5. The summed E-state index contributed by atoms with van der Waals surface area (Å²) in [6.07, 6.45) is 18.1. The lowest BCUT2D eigenvalue weighted by Gasteiger charge is -2.27. The molecule has 1 fully saturated rings. The number of hydrogen-bond acceptors (Lipinski definition) is 5. The number of aromatic nitrogens is 2. The van der Waals surface area contributed by atoms with Gasteiger partial charge in [0.05, 0.1) is 11.5 Å². The highest BCUT2D eigenvalue weighted by molar-refractivity contribution is 5.95. The minimum absolute atomic E-state index is 0.0899. The van der Waals surface area contributed by atoms with Gasteiger partial charge in [-0.3, -0.25) is 4.79 Å². The van der Waals surface area contributed by atoms with Crippen molar-refractivity contribution in [2.75, 3.05) is 0 Å². The second-order valence-corrected chi connectivity index (χ2v) is 9.87. The largest absolute Gasteiger partial charge is 0.478 e. The van der Waals surface area contributed by atoms with Crippen LogP contribution in [0, 0.1) is 11.8 Å². The van der Waals surface area contributed by atoms with Crippen molar-refractivity contribution in [3.05, 3.63) is 41.7 Å². The molecule has 190 valence electrons. The Morgan fingerprint density at radius 2 is 1.63 bits per heavy atom. The molecule has 6 heteroatoms. The fourth-order valence-corrected chi connectivity index (χ4v) is 4.91. The molecule has 35 heavy (non-hydrogen) atoms. The number of carboxylic acids is 1. The number of carboxylic acid groups (broad SMARTS) is 1. The predicted molar refractivity (Wildman–Crippen MR) is 137 cm³/mol. The molecule has 0 bridgehead atoms. The van der Waals surface area contributed by atoms with E-state index in [4.69, 9.17) is 4.74 Å². The summed E-state index contributed by atoms with van der Waals surface area (Å²) in [4.78, 5) is 33.5. The zero-order chi connectivity index (χ0) is 25.0. The molecule has 1 aromatic heterocycles. The smallest absolute Gasteiger partial charge is 0.336 e. The molecule has 3 rings (SSSR count). The highest BCUT2D eigenvalue weighted by Gasteiger charge is 2.28. The molecule has 0 spiro atoms. The van der Waals surface area contributed by atoms with Crippen molar-refractivity contribution in [1.29, 1.82) is 0 Å². The normalized spacial score (nSPS) is 17.8. The molecule has 2 aromatic rings. The van der Waals surface area contributed by atoms with Gasteiger partial charge >= 0.3 is 11.9 Å². The minimum atomic E-state index is -1.06. The molecule has 1 N–H and O–H groups in total. The van der Waals surface area contributed by atoms with Gasteiger partial charge in [-0.05, 0) is 68.2 Å². The molecule has 6 nitrogen and oxygen atoms in total. The first-order valence-electron chi connectivity index (χ1n) is 13.4. The quantitative estimate of drug-likeness (QED) is 0.184. The molecule has 0 aliphatic heterocycles. The van der Waals surface area contributed by atoms with Crippen molar-refractivity contribution < 1.29 is 19.4 Å². The van der Waals surface area contributed by atoms with E-state index in [0.717, 1.165) is 62.8 Å². The molecule has 0 amide bonds. The highest BCUT2D eigenvalue weighted by Crippen LogP contribution is 2.34. The van der Waals surface area contributed by atoms with Gasteiger partial charge in [-0.25, -0.2) is 14.8 Å². The van der Waals surface area contributed by atoms with Crippen molar-refractivity contribution in [2.45, 2.75) is 97.3 Å². The number of esters is 1. The zero-order valence-corrected chi connectivity index (χ0v) is 21.3. The van der Waals surface area contributed by atoms with E-state index in [1.54, 1.807) is 24.5 Å². The first-order chi connectivity index (χ1) is 17.0. The Morgan fingerprint density at radius 1 is 0.943 bits per heavy atom. The molecule has 1 heterocycles. The number of aromatic carboxylic acids is 1. The Morgan fingerprint density at radius 3 is 2.29 bits per heavy atom. The summed E-state index contributed by atoms with van der Waals surface area (Å²) in [6, 6.07) is 4.59. The average molecular weight is 481 g/mol. The second-order valence-electron chi connectivity index (χ2n) is 9.87. The van der Waals surface area contributed by atoms with Gasteiger partial charge in [-0.1, -0.05) is 58.8 Å². The number of nitrogens with zero attached hydrogens (tertiary/aromatic N) is 2. The lowest BCUT2D eigenvalue weighted by atomic mass is 9.80. The van der Waals surface area contributed by atoms with Gasteiger partial charge in [0.2, 0.25) is 0 Å². The van der Waals surface area contributed by atoms with Crippen LogP contribution in [0.2, 0.25) is 0 Å². The summed E-state index contributed by atoms with van der Waals surface area (Å²) >= 11 is 0. The van der Waals surface area contributed by atoms with Crippen molar-refractivity contribution in [3.63, 3.8) is 0 Å². The van der Waals surface area contributed by atoms with Crippen LogP contribution in [0.15, 0.2) is 30.6 Å². The van der Waals surface area contributed by atoms with Gasteiger partial charge in [0.25, 0.3) is 0 Å². The first kappa shape index (κ1) is 26.8. The van der Waals surface area contributed by atoms with Crippen LogP contribution in [0.25, 0.3) is 11.4 Å². The van der Waals surface area contributed by atoms with Crippen LogP contribution < -0.4 is 4.74 Å². The van der Waals surface area contributed by atoms with Crippen molar-refractivity contribution in [1.82, 2.24) is 9.97 Å². The van der Waals surface area contributed by atoms with E-state index >= 15 is 0 Å². The summed E-state index contributed by atoms with van der Waals surface area (Å²) in [7, 11) is 0. The molecule has 1 saturated carbocycles. The Bertz CT molecular complexity index is 950. The molecule has 1 aliphatic carbocycles. The van der Waals surface area contributed by atoms with E-state index in [-0.39, 0.29) is 17.5 Å². The summed E-state index contributed by atoms with van der Waals surface area (Å²) in [5.74, 6) is -0.000521. The second kappa shape index (κ2) is 14.0. The molecular formula is C29H40N2O4. The zero-order valence-electron chi connectivity index (χ0n) is 21.3. The molecular weight excluding hydrogens is 440 g/mol. The van der Waals surface area contributed by atoms with Gasteiger partial charge < -0.3 is 9.84 Å². The monoisotopic (exact) mass is 480 g/mol. The molecule has 1 aromatic carbocycles. The summed E-state index contributed by atoms with van der Waals surface area (Å²) in [5, 5.41) is 9.65. The van der Waals surface area contributed by atoms with Crippen LogP contribution in [0.5, 0.6) is 5.75 Å². The number of aryl methyl sites for hydroxylation is 1. The van der Waals surface area contributed by atoms with E-state index in [1.807, 2.05) is 0 Å². The maximum atomic E-state index is 12.8. The van der Waals surface area contributed by atoms with E-state index in [9.17, 15) is 14.7 Å². The average Bonchev–Trinajstić information content (AvgIpc) is 2.87. The van der Waals surface area contributed by atoms with Gasteiger partial charge in [0.15, 0.2) is 5.82 Å². The lowest BCUT2D eigenvalue weighted by Crippen LogP contribution is -2.25. The van der Waals surface area contributed by atoms with Crippen LogP contribution >= 0.6 is 0 Å². The van der Waals surface area contributed by atoms with E-state index in [0.29, 0.717) is 17.1 Å². The fourth-order valence-electron chi connectivity index (χ4n) is 4.91. The number of ether oxygens (including phenoxy) is 1. The molecule has 1 aliphatic rings. The van der Waals surface area contributed by atoms with Crippen LogP contribution in [-0.2, 0) is 11.2 Å². The number of carbonyl (C=O) groups is 2. The van der Waals surface area contributed by atoms with Crippen molar-refractivity contribution >= 4 is 11.9 Å². The summed E-state index contributed by atoms with van der Waals surface area (Å²) in [6.45, 7) is 4.39. The Labute approximate surface area is 209 Å². The maximum absolute atomic E-state index is 12.8. The third kappa shape index (κ3) is 8.15. The van der Waals surface area contributed by atoms with Crippen LogP contribution in [0.4, 0.5) is 0 Å². The maximum Gasteiger partial charge on any atom is 0.336 e. The number of benzene rings is 1. The Hall–Kier alpha value is -2.76. The topological polar surface area (TPSA) is 89.4 Å². The number of carbonyl (C=O) groups excluding carboxylic acids is 1. The third-order valence-electron chi connectivity index (χ3n) is 7.10. The number of rotatable bonds is 13. The Kier molecular flexibility index (Phi) is 10.7. The van der Waals surface area contributed by atoms with E-state index < -0.39 is 5.97 Å². The SMILES string of the molecule is CCCCCC[C@H]1CC[C@H](C(=O)Oc2ccc(C(=O)O)c(-c3ncc(CCCCC)cn3)c2)CC1. The Balaban J connectivity index is 1.62. The van der Waals surface area contributed by atoms with Crippen LogP contribution in [-0.4, -0.2) is 27.0 Å². The summed E-state index contributed by atoms with van der Waals surface area (Å²) < 4.78 is 5.70. The van der Waals surface area contributed by atoms with E-state index in [1.165, 1.54) is 38.2 Å². The molecule has 0 atom stereocenters. The van der Waals surface area contributed by atoms with Gasteiger partial charge in [0, 0.05) is 18.0 Å². The molecule has 0 unspecified atom stereocenters. The molecule has 0 radical (unpaired) electrons. The van der Waals surface area contributed by atoms with Crippen molar-refractivity contribution in [3.8, 4) is 17.1 Å². The number of unbranched alkanes of at least 4 members (excludes halogenated alkanes) is 5. The number of hydrogen-bond donors (Lipinski definition) is 1. The standard InChI is InChI=1S/C29H40N2O4/c1-3-5-7-9-10-21-12-14-23(15-13-21)29(34)35-24-16-17-25(28(32)33)26(18-24)27-30-19-22(20-31-27)11-8-6-4-2/h16-21,23H,3-15H2,1-2H3,(H,32,33)/t21-,23-. The van der Waals surface area contributed by atoms with Gasteiger partial charge in [0.1, 0.15) is 5.75 Å². The predicted octanol–water partition coefficient (Wildman–Crippen LogP) is 7.26. The van der Waals surface area contributed by atoms with Crippen molar-refractivity contribution in [2.24, 2.45) is 11.8 Å². The summed E-state index contributed by atoms with van der Waals surface area (Å²) in [5.41, 5.74) is 1.48. The lowest BCUT2D eigenvalue weighted by molar-refractivity contribution is -0.140. The first-order valence-corrected chi connectivity index (χ1v) is 13.4.